The highest BCUT2D eigenvalue weighted by molar-refractivity contribution is 6.13. The number of allylic oxidation sites excluding steroid dienone is 8. The Morgan fingerprint density at radius 3 is 1.19 bits per heavy atom. The molecule has 0 aliphatic heterocycles. The normalized spacial score (nSPS) is 17.1. The molecule has 6 heteroatoms. The van der Waals surface area contributed by atoms with Crippen LogP contribution >= 0.6 is 0 Å². The van der Waals surface area contributed by atoms with Gasteiger partial charge in [0.15, 0.2) is 0 Å². The Hall–Kier alpha value is -9.00. The minimum absolute atomic E-state index is 0.0116. The van der Waals surface area contributed by atoms with Gasteiger partial charge >= 0.3 is 6.18 Å². The molecule has 0 saturated carbocycles. The average molecular weight is 1100 g/mol. The second-order valence-electron chi connectivity index (χ2n) is 24.2. The van der Waals surface area contributed by atoms with Gasteiger partial charge in [0.2, 0.25) is 0 Å². The molecule has 3 nitrogen and oxygen atoms in total. The van der Waals surface area contributed by atoms with E-state index in [1.54, 1.807) is 12.1 Å². The summed E-state index contributed by atoms with van der Waals surface area (Å²) in [5.74, 6) is 0.169. The molecule has 0 bridgehead atoms. The summed E-state index contributed by atoms with van der Waals surface area (Å²) in [4.78, 5) is 5.33. The first-order chi connectivity index (χ1) is 40.2. The number of halogens is 3. The molecule has 11 aromatic rings. The molecular formula is C78H68F3N3. The smallest absolute Gasteiger partial charge is 0.308 e. The predicted molar refractivity (Wildman–Crippen MR) is 348 cm³/mol. The number of hydrogen-bond donors (Lipinski definition) is 0. The zero-order chi connectivity index (χ0) is 58.8. The lowest BCUT2D eigenvalue weighted by Crippen LogP contribution is -2.18. The van der Waals surface area contributed by atoms with Gasteiger partial charge < -0.3 is 9.13 Å². The van der Waals surface area contributed by atoms with Crippen LogP contribution in [-0.4, -0.2) is 14.1 Å². The largest absolute Gasteiger partial charge is 0.420 e. The van der Waals surface area contributed by atoms with E-state index >= 15 is 13.2 Å². The van der Waals surface area contributed by atoms with Crippen LogP contribution in [0.1, 0.15) is 80.5 Å². The molecule has 84 heavy (non-hydrogen) atoms. The van der Waals surface area contributed by atoms with Crippen molar-refractivity contribution in [2.75, 3.05) is 0 Å². The van der Waals surface area contributed by atoms with E-state index in [1.807, 2.05) is 57.7 Å². The fraction of sp³-hybridized carbons (Fsp3) is 0.192. The molecule has 2 unspecified atom stereocenters. The number of aryl methyl sites for hydroxylation is 6. The van der Waals surface area contributed by atoms with Crippen molar-refractivity contribution in [1.82, 2.24) is 14.1 Å². The molecule has 0 amide bonds. The van der Waals surface area contributed by atoms with E-state index in [0.717, 1.165) is 121 Å². The van der Waals surface area contributed by atoms with Crippen LogP contribution in [0, 0.1) is 53.4 Å². The van der Waals surface area contributed by atoms with Gasteiger partial charge in [-0.1, -0.05) is 170 Å². The van der Waals surface area contributed by atoms with E-state index < -0.39 is 11.7 Å². The summed E-state index contributed by atoms with van der Waals surface area (Å²) in [7, 11) is 0. The van der Waals surface area contributed by atoms with E-state index in [2.05, 4.69) is 204 Å². The minimum Gasteiger partial charge on any atom is -0.308 e. The van der Waals surface area contributed by atoms with Crippen molar-refractivity contribution in [2.24, 2.45) is 11.8 Å². The van der Waals surface area contributed by atoms with Crippen LogP contribution in [0.2, 0.25) is 0 Å². The third kappa shape index (κ3) is 9.18. The minimum atomic E-state index is -4.89. The molecule has 0 saturated heterocycles. The maximum absolute atomic E-state index is 17.8. The van der Waals surface area contributed by atoms with Crippen LogP contribution in [0.5, 0.6) is 0 Å². The van der Waals surface area contributed by atoms with Gasteiger partial charge in [-0.05, 0) is 195 Å². The fourth-order valence-electron chi connectivity index (χ4n) is 14.8. The number of nitrogens with zero attached hydrogens (tertiary/aromatic N) is 3. The lowest BCUT2D eigenvalue weighted by Gasteiger charge is -2.24. The quantitative estimate of drug-likeness (QED) is 0.163. The topological polar surface area (TPSA) is 22.8 Å². The van der Waals surface area contributed by atoms with Crippen molar-refractivity contribution in [3.8, 4) is 56.1 Å². The molecule has 2 aliphatic rings. The van der Waals surface area contributed by atoms with Crippen molar-refractivity contribution < 1.29 is 13.2 Å². The Morgan fingerprint density at radius 1 is 0.393 bits per heavy atom. The first-order valence-corrected chi connectivity index (χ1v) is 29.3. The van der Waals surface area contributed by atoms with E-state index in [0.29, 0.717) is 33.3 Å². The number of alkyl halides is 3. The van der Waals surface area contributed by atoms with Crippen LogP contribution in [0.3, 0.4) is 0 Å². The van der Waals surface area contributed by atoms with Gasteiger partial charge in [-0.3, -0.25) is 0 Å². The van der Waals surface area contributed by atoms with Crippen LogP contribution in [0.4, 0.5) is 13.2 Å². The SMILES string of the molecule is CC1=CC(C)C(=c2ccc3c4ccc(=C5C(C)=CC(C)=CC5C)cc4n(-c4cc(-c5cccc(-c6ccccc6)n5)cc(-n5c6cc(-c7c(C)cc(C)cc7C)ccc6c6ccc(-c7c(C)cc(C)cc7C)cc65)c4C(F)(F)F)c3c2)C(C)=C1. The molecule has 0 spiro atoms. The molecule has 13 rings (SSSR count). The van der Waals surface area contributed by atoms with E-state index in [9.17, 15) is 0 Å². The first kappa shape index (κ1) is 54.3. The monoisotopic (exact) mass is 1100 g/mol. The fourth-order valence-corrected chi connectivity index (χ4v) is 14.8. The van der Waals surface area contributed by atoms with Gasteiger partial charge in [-0.2, -0.15) is 13.2 Å². The molecule has 0 radical (unpaired) electrons. The molecule has 2 aliphatic carbocycles. The van der Waals surface area contributed by atoms with Gasteiger partial charge in [0, 0.05) is 44.5 Å². The van der Waals surface area contributed by atoms with Gasteiger partial charge in [0.05, 0.1) is 44.8 Å². The second-order valence-corrected chi connectivity index (χ2v) is 24.2. The van der Waals surface area contributed by atoms with E-state index in [1.165, 1.54) is 11.1 Å². The number of benzene rings is 8. The number of hydrogen-bond acceptors (Lipinski definition) is 1. The van der Waals surface area contributed by atoms with Crippen molar-refractivity contribution in [3.05, 3.63) is 254 Å². The van der Waals surface area contributed by atoms with E-state index in [4.69, 9.17) is 4.98 Å². The predicted octanol–water partition coefficient (Wildman–Crippen LogP) is 20.2. The molecule has 416 valence electrons. The summed E-state index contributed by atoms with van der Waals surface area (Å²) in [6.45, 7) is 25.6. The second kappa shape index (κ2) is 20.4. The number of pyridine rings is 1. The highest BCUT2D eigenvalue weighted by Gasteiger charge is 2.40. The Balaban J connectivity index is 1.24. The van der Waals surface area contributed by atoms with Gasteiger partial charge in [-0.25, -0.2) is 4.98 Å². The van der Waals surface area contributed by atoms with Crippen LogP contribution in [0.15, 0.2) is 204 Å². The zero-order valence-corrected chi connectivity index (χ0v) is 50.0. The van der Waals surface area contributed by atoms with Crippen molar-refractivity contribution >= 4 is 54.8 Å². The molecule has 2 atom stereocenters. The average Bonchev–Trinajstić information content (AvgIpc) is 1.92. The third-order valence-corrected chi connectivity index (χ3v) is 17.7. The summed E-state index contributed by atoms with van der Waals surface area (Å²) in [6.07, 6.45) is 4.05. The van der Waals surface area contributed by atoms with Gasteiger partial charge in [-0.15, -0.1) is 0 Å². The molecule has 3 heterocycles. The maximum Gasteiger partial charge on any atom is 0.420 e. The summed E-state index contributed by atoms with van der Waals surface area (Å²) in [5.41, 5.74) is 22.4. The Bertz CT molecular complexity index is 4620. The Morgan fingerprint density at radius 2 is 0.786 bits per heavy atom. The van der Waals surface area contributed by atoms with Gasteiger partial charge in [0.25, 0.3) is 0 Å². The highest BCUT2D eigenvalue weighted by atomic mass is 19.4. The van der Waals surface area contributed by atoms with Crippen molar-refractivity contribution in [1.29, 1.82) is 0 Å². The maximum atomic E-state index is 17.8. The van der Waals surface area contributed by atoms with Crippen molar-refractivity contribution in [2.45, 2.75) is 89.3 Å². The third-order valence-electron chi connectivity index (χ3n) is 17.7. The summed E-state index contributed by atoms with van der Waals surface area (Å²) < 4.78 is 57.3. The standard InChI is InChI=1S/C78H68F3N3/c1-43-29-47(5)73(48(6)30-43)56-21-25-61-62-26-22-57(74-49(7)31-44(2)32-50(74)8)38-68(62)83(67(61)37-56)71-41-60(66-20-16-19-65(82-66)55-17-14-13-15-18-55)42-72(77(71)78(79,80)81)84-69-39-58(75-51(9)33-45(3)34-52(75)10)23-27-63(69)64-28-24-59(40-70(64)84)76-53(11)35-46(4)36-54(76)12/h13-42,47,49H,1-12H3. The van der Waals surface area contributed by atoms with Gasteiger partial charge in [0.1, 0.15) is 5.56 Å². The molecule has 3 aromatic heterocycles. The van der Waals surface area contributed by atoms with Crippen LogP contribution in [-0.2, 0) is 6.18 Å². The summed E-state index contributed by atoms with van der Waals surface area (Å²) in [6, 6.07) is 53.6. The molecular weight excluding hydrogens is 1040 g/mol. The zero-order valence-electron chi connectivity index (χ0n) is 50.0. The van der Waals surface area contributed by atoms with Crippen molar-refractivity contribution in [3.63, 3.8) is 0 Å². The van der Waals surface area contributed by atoms with Crippen LogP contribution < -0.4 is 10.4 Å². The molecule has 8 aromatic carbocycles. The summed E-state index contributed by atoms with van der Waals surface area (Å²) >= 11 is 0. The number of aromatic nitrogens is 3. The van der Waals surface area contributed by atoms with Crippen LogP contribution in [0.25, 0.3) is 111 Å². The Kier molecular flexibility index (Phi) is 13.2. The molecule has 0 N–H and O–H groups in total. The first-order valence-electron chi connectivity index (χ1n) is 29.3. The lowest BCUT2D eigenvalue weighted by atomic mass is 9.85. The molecule has 0 fully saturated rings. The number of fused-ring (bicyclic) bond motifs is 6. The lowest BCUT2D eigenvalue weighted by molar-refractivity contribution is -0.137. The highest BCUT2D eigenvalue weighted by Crippen LogP contribution is 2.48. The number of rotatable bonds is 6. The Labute approximate surface area is 490 Å². The summed E-state index contributed by atoms with van der Waals surface area (Å²) in [5, 5.41) is 5.39. The van der Waals surface area contributed by atoms with E-state index in [-0.39, 0.29) is 23.2 Å².